The third-order valence-corrected chi connectivity index (χ3v) is 5.17. The van der Waals surface area contributed by atoms with Crippen molar-refractivity contribution >= 4 is 22.7 Å². The van der Waals surface area contributed by atoms with E-state index in [-0.39, 0.29) is 11.4 Å². The number of aromatic nitrogens is 3. The van der Waals surface area contributed by atoms with E-state index < -0.39 is 0 Å². The summed E-state index contributed by atoms with van der Waals surface area (Å²) >= 11 is 1.41. The maximum atomic E-state index is 13.1. The zero-order valence-corrected chi connectivity index (χ0v) is 16.5. The highest BCUT2D eigenvalue weighted by Gasteiger charge is 2.14. The third kappa shape index (κ3) is 4.30. The highest BCUT2D eigenvalue weighted by molar-refractivity contribution is 7.99. The van der Waals surface area contributed by atoms with Crippen LogP contribution in [0.2, 0.25) is 0 Å². The Morgan fingerprint density at radius 1 is 1.07 bits per heavy atom. The number of para-hydroxylation sites is 1. The van der Waals surface area contributed by atoms with Crippen molar-refractivity contribution in [3.63, 3.8) is 0 Å². The number of hydrogen-bond acceptors (Lipinski definition) is 5. The van der Waals surface area contributed by atoms with Gasteiger partial charge >= 0.3 is 0 Å². The number of thioether (sulfide) groups is 1. The van der Waals surface area contributed by atoms with Gasteiger partial charge in [0.2, 0.25) is 0 Å². The monoisotopic (exact) mass is 407 g/mol. The maximum Gasteiger partial charge on any atom is 0.267 e. The zero-order chi connectivity index (χ0) is 20.2. The summed E-state index contributed by atoms with van der Waals surface area (Å²) in [6.45, 7) is 2.33. The molecule has 0 unspecified atom stereocenters. The summed E-state index contributed by atoms with van der Waals surface area (Å²) in [6.07, 6.45) is 1.73. The Kier molecular flexibility index (Phi) is 5.57. The van der Waals surface area contributed by atoms with Crippen LogP contribution in [-0.2, 0) is 0 Å². The molecule has 0 aliphatic carbocycles. The fourth-order valence-electron chi connectivity index (χ4n) is 2.83. The highest BCUT2D eigenvalue weighted by Crippen LogP contribution is 2.21. The van der Waals surface area contributed by atoms with Crippen molar-refractivity contribution in [2.24, 2.45) is 0 Å². The van der Waals surface area contributed by atoms with Crippen LogP contribution in [0.1, 0.15) is 5.56 Å². The summed E-state index contributed by atoms with van der Waals surface area (Å²) in [4.78, 5) is 22.2. The Morgan fingerprint density at radius 2 is 1.86 bits per heavy atom. The molecule has 0 aliphatic rings. The average molecular weight is 407 g/mol. The molecule has 0 fully saturated rings. The molecule has 0 bridgehead atoms. The van der Waals surface area contributed by atoms with Gasteiger partial charge in [-0.2, -0.15) is 0 Å². The number of hydrogen-bond donors (Lipinski definition) is 0. The first-order chi connectivity index (χ1) is 14.1. The van der Waals surface area contributed by atoms with Crippen LogP contribution in [0.25, 0.3) is 16.7 Å². The van der Waals surface area contributed by atoms with Gasteiger partial charge in [-0.3, -0.25) is 4.79 Å². The summed E-state index contributed by atoms with van der Waals surface area (Å²) in [5.41, 5.74) is 1.49. The molecule has 0 saturated heterocycles. The van der Waals surface area contributed by atoms with Crippen LogP contribution in [0.5, 0.6) is 5.75 Å². The van der Waals surface area contributed by atoms with Crippen molar-refractivity contribution in [2.45, 2.75) is 12.1 Å². The molecule has 146 valence electrons. The van der Waals surface area contributed by atoms with E-state index in [2.05, 4.69) is 9.97 Å². The van der Waals surface area contributed by atoms with E-state index in [4.69, 9.17) is 4.74 Å². The van der Waals surface area contributed by atoms with Crippen molar-refractivity contribution in [1.29, 1.82) is 0 Å². The molecule has 5 nitrogen and oxygen atoms in total. The predicted molar refractivity (Wildman–Crippen MR) is 112 cm³/mol. The standard InChI is InChI=1S/C22H18FN3O2S/c1-15-6-11-20(24-14-15)26-21(27)18-4-2-3-5-19(18)25-22(26)29-13-12-28-17-9-7-16(23)8-10-17/h2-11,14H,12-13H2,1H3. The first-order valence-electron chi connectivity index (χ1n) is 9.08. The third-order valence-electron chi connectivity index (χ3n) is 4.27. The van der Waals surface area contributed by atoms with Crippen molar-refractivity contribution in [2.75, 3.05) is 12.4 Å². The van der Waals surface area contributed by atoms with Gasteiger partial charge in [0.25, 0.3) is 5.56 Å². The molecule has 0 N–H and O–H groups in total. The number of aryl methyl sites for hydroxylation is 1. The van der Waals surface area contributed by atoms with Gasteiger partial charge in [-0.15, -0.1) is 0 Å². The van der Waals surface area contributed by atoms with E-state index in [1.165, 1.54) is 28.5 Å². The van der Waals surface area contributed by atoms with E-state index in [0.29, 0.717) is 40.0 Å². The number of benzene rings is 2. The number of ether oxygens (including phenoxy) is 1. The van der Waals surface area contributed by atoms with Crippen LogP contribution in [0.4, 0.5) is 4.39 Å². The highest BCUT2D eigenvalue weighted by atomic mass is 32.2. The molecule has 0 radical (unpaired) electrons. The van der Waals surface area contributed by atoms with E-state index in [9.17, 15) is 9.18 Å². The summed E-state index contributed by atoms with van der Waals surface area (Å²) in [5, 5.41) is 1.09. The van der Waals surface area contributed by atoms with Gasteiger partial charge < -0.3 is 4.74 Å². The lowest BCUT2D eigenvalue weighted by Crippen LogP contribution is -2.23. The Morgan fingerprint density at radius 3 is 2.62 bits per heavy atom. The van der Waals surface area contributed by atoms with Gasteiger partial charge in [0.1, 0.15) is 17.4 Å². The summed E-state index contributed by atoms with van der Waals surface area (Å²) in [7, 11) is 0. The molecule has 0 amide bonds. The Balaban J connectivity index is 1.61. The van der Waals surface area contributed by atoms with Gasteiger partial charge in [0.05, 0.1) is 17.5 Å². The van der Waals surface area contributed by atoms with Crippen molar-refractivity contribution in [1.82, 2.24) is 14.5 Å². The van der Waals surface area contributed by atoms with Gasteiger partial charge in [-0.25, -0.2) is 18.9 Å². The topological polar surface area (TPSA) is 57.0 Å². The lowest BCUT2D eigenvalue weighted by atomic mass is 10.2. The van der Waals surface area contributed by atoms with Crippen LogP contribution < -0.4 is 10.3 Å². The van der Waals surface area contributed by atoms with Gasteiger partial charge in [0, 0.05) is 11.9 Å². The van der Waals surface area contributed by atoms with E-state index in [1.807, 2.05) is 37.3 Å². The minimum atomic E-state index is -0.304. The van der Waals surface area contributed by atoms with Crippen LogP contribution in [0, 0.1) is 12.7 Å². The second-order valence-electron chi connectivity index (χ2n) is 6.40. The number of pyridine rings is 1. The fourth-order valence-corrected chi connectivity index (χ4v) is 3.64. The fraction of sp³-hybridized carbons (Fsp3) is 0.136. The van der Waals surface area contributed by atoms with Crippen LogP contribution in [0.3, 0.4) is 0 Å². The molecule has 0 saturated carbocycles. The minimum Gasteiger partial charge on any atom is -0.493 e. The second kappa shape index (κ2) is 8.45. The summed E-state index contributed by atoms with van der Waals surface area (Å²) in [5.74, 6) is 1.38. The van der Waals surface area contributed by atoms with Crippen LogP contribution >= 0.6 is 11.8 Å². The second-order valence-corrected chi connectivity index (χ2v) is 7.46. The molecule has 0 spiro atoms. The molecule has 0 atom stereocenters. The minimum absolute atomic E-state index is 0.158. The van der Waals surface area contributed by atoms with Crippen molar-refractivity contribution in [3.8, 4) is 11.6 Å². The number of halogens is 1. The molecule has 2 aromatic carbocycles. The Bertz CT molecular complexity index is 1190. The molecular formula is C22H18FN3O2S. The maximum absolute atomic E-state index is 13.1. The average Bonchev–Trinajstić information content (AvgIpc) is 2.74. The zero-order valence-electron chi connectivity index (χ0n) is 15.7. The molecule has 4 aromatic rings. The Labute approximate surface area is 171 Å². The molecule has 2 aromatic heterocycles. The van der Waals surface area contributed by atoms with Crippen LogP contribution in [-0.4, -0.2) is 26.9 Å². The molecular weight excluding hydrogens is 389 g/mol. The normalized spacial score (nSPS) is 11.0. The smallest absolute Gasteiger partial charge is 0.267 e. The molecule has 4 rings (SSSR count). The molecule has 29 heavy (non-hydrogen) atoms. The van der Waals surface area contributed by atoms with Crippen molar-refractivity contribution < 1.29 is 9.13 Å². The summed E-state index contributed by atoms with van der Waals surface area (Å²) < 4.78 is 20.2. The van der Waals surface area contributed by atoms with Gasteiger partial charge in [0.15, 0.2) is 5.16 Å². The van der Waals surface area contributed by atoms with E-state index in [0.717, 1.165) is 5.56 Å². The predicted octanol–water partition coefficient (Wildman–Crippen LogP) is 4.40. The Hall–Kier alpha value is -3.19. The van der Waals surface area contributed by atoms with Gasteiger partial charge in [-0.05, 0) is 55.0 Å². The van der Waals surface area contributed by atoms with Gasteiger partial charge in [-0.1, -0.05) is 30.0 Å². The van der Waals surface area contributed by atoms with E-state index >= 15 is 0 Å². The summed E-state index contributed by atoms with van der Waals surface area (Å²) in [6, 6.07) is 16.9. The lowest BCUT2D eigenvalue weighted by molar-refractivity contribution is 0.343. The van der Waals surface area contributed by atoms with E-state index in [1.54, 1.807) is 24.4 Å². The molecule has 7 heteroatoms. The largest absolute Gasteiger partial charge is 0.493 e. The van der Waals surface area contributed by atoms with Crippen molar-refractivity contribution in [3.05, 3.63) is 88.6 Å². The molecule has 2 heterocycles. The lowest BCUT2D eigenvalue weighted by Gasteiger charge is -2.13. The first kappa shape index (κ1) is 19.1. The number of fused-ring (bicyclic) bond motifs is 1. The SMILES string of the molecule is Cc1ccc(-n2c(SCCOc3ccc(F)cc3)nc3ccccc3c2=O)nc1. The van der Waals surface area contributed by atoms with Crippen LogP contribution in [0.15, 0.2) is 76.8 Å². The quantitative estimate of drug-likeness (QED) is 0.269. The number of nitrogens with zero attached hydrogens (tertiary/aromatic N) is 3. The molecule has 0 aliphatic heterocycles. The first-order valence-corrected chi connectivity index (χ1v) is 10.1. The number of rotatable bonds is 6.